The van der Waals surface area contributed by atoms with E-state index in [0.717, 1.165) is 17.5 Å². The summed E-state index contributed by atoms with van der Waals surface area (Å²) in [7, 11) is 0. The largest absolute Gasteiger partial charge is 0.476 e. The summed E-state index contributed by atoms with van der Waals surface area (Å²) >= 11 is 5.86. The number of rotatable bonds is 4. The number of aromatic amines is 1. The van der Waals surface area contributed by atoms with E-state index in [0.29, 0.717) is 23.6 Å². The van der Waals surface area contributed by atoms with E-state index < -0.39 is 0 Å². The van der Waals surface area contributed by atoms with Crippen molar-refractivity contribution in [1.82, 2.24) is 15.0 Å². The van der Waals surface area contributed by atoms with Crippen molar-refractivity contribution in [1.29, 1.82) is 0 Å². The van der Waals surface area contributed by atoms with Gasteiger partial charge in [-0.25, -0.2) is 4.98 Å². The molecule has 2 aromatic rings. The molecule has 0 aliphatic carbocycles. The fourth-order valence-corrected chi connectivity index (χ4v) is 1.58. The van der Waals surface area contributed by atoms with Crippen LogP contribution in [0.15, 0.2) is 12.4 Å². The van der Waals surface area contributed by atoms with Crippen LogP contribution >= 0.6 is 11.6 Å². The van der Waals surface area contributed by atoms with Crippen LogP contribution in [0, 0.1) is 5.92 Å². The predicted molar refractivity (Wildman–Crippen MR) is 63.8 cm³/mol. The lowest BCUT2D eigenvalue weighted by molar-refractivity contribution is 0.282. The monoisotopic (exact) mass is 239 g/mol. The van der Waals surface area contributed by atoms with Crippen molar-refractivity contribution in [2.45, 2.75) is 20.3 Å². The summed E-state index contributed by atoms with van der Waals surface area (Å²) in [5.41, 5.74) is 1.54. The van der Waals surface area contributed by atoms with Gasteiger partial charge in [0, 0.05) is 6.07 Å². The summed E-state index contributed by atoms with van der Waals surface area (Å²) in [6.07, 6.45) is 2.48. The van der Waals surface area contributed by atoms with Crippen LogP contribution in [0.4, 0.5) is 0 Å². The maximum Gasteiger partial charge on any atom is 0.241 e. The molecule has 16 heavy (non-hydrogen) atoms. The van der Waals surface area contributed by atoms with Crippen molar-refractivity contribution in [3.8, 4) is 5.88 Å². The van der Waals surface area contributed by atoms with Crippen LogP contribution in [-0.2, 0) is 0 Å². The molecule has 0 saturated heterocycles. The standard InChI is InChI=1S/C11H14ClN3O/c1-7(2)3-4-16-11-10-8(13-6-14-11)5-9(12)15-10/h5-7,15H,3-4H2,1-2H3. The Hall–Kier alpha value is -1.29. The second-order valence-corrected chi connectivity index (χ2v) is 4.49. The van der Waals surface area contributed by atoms with Crippen molar-refractivity contribution in [2.24, 2.45) is 5.92 Å². The van der Waals surface area contributed by atoms with Crippen LogP contribution < -0.4 is 4.74 Å². The molecule has 2 aromatic heterocycles. The molecule has 2 rings (SSSR count). The summed E-state index contributed by atoms with van der Waals surface area (Å²) < 4.78 is 5.60. The summed E-state index contributed by atoms with van der Waals surface area (Å²) in [5.74, 6) is 1.18. The molecule has 2 heterocycles. The molecule has 4 nitrogen and oxygen atoms in total. The van der Waals surface area contributed by atoms with Crippen LogP contribution in [0.1, 0.15) is 20.3 Å². The van der Waals surface area contributed by atoms with E-state index in [9.17, 15) is 0 Å². The minimum atomic E-state index is 0.546. The first-order chi connectivity index (χ1) is 7.66. The van der Waals surface area contributed by atoms with Gasteiger partial charge in [0.15, 0.2) is 0 Å². The smallest absolute Gasteiger partial charge is 0.241 e. The Morgan fingerprint density at radius 2 is 2.25 bits per heavy atom. The molecule has 0 aliphatic heterocycles. The van der Waals surface area contributed by atoms with Gasteiger partial charge in [0.05, 0.1) is 12.1 Å². The van der Waals surface area contributed by atoms with Crippen LogP contribution in [-0.4, -0.2) is 21.6 Å². The third kappa shape index (κ3) is 2.44. The van der Waals surface area contributed by atoms with Gasteiger partial charge in [-0.1, -0.05) is 25.4 Å². The van der Waals surface area contributed by atoms with Crippen molar-refractivity contribution < 1.29 is 4.74 Å². The molecule has 0 spiro atoms. The number of fused-ring (bicyclic) bond motifs is 1. The zero-order valence-electron chi connectivity index (χ0n) is 9.33. The Kier molecular flexibility index (Phi) is 3.29. The van der Waals surface area contributed by atoms with E-state index in [4.69, 9.17) is 16.3 Å². The van der Waals surface area contributed by atoms with Crippen LogP contribution in [0.2, 0.25) is 5.15 Å². The molecule has 0 radical (unpaired) electrons. The Morgan fingerprint density at radius 1 is 1.44 bits per heavy atom. The Labute approximate surface area is 99.0 Å². The third-order valence-corrected chi connectivity index (χ3v) is 2.49. The SMILES string of the molecule is CC(C)CCOc1ncnc2cc(Cl)[nH]c12. The van der Waals surface area contributed by atoms with Crippen LogP contribution in [0.3, 0.4) is 0 Å². The second kappa shape index (κ2) is 4.70. The van der Waals surface area contributed by atoms with Crippen LogP contribution in [0.5, 0.6) is 5.88 Å². The van der Waals surface area contributed by atoms with Crippen molar-refractivity contribution in [2.75, 3.05) is 6.61 Å². The molecule has 0 atom stereocenters. The zero-order chi connectivity index (χ0) is 11.5. The molecular formula is C11H14ClN3O. The first-order valence-electron chi connectivity index (χ1n) is 5.29. The summed E-state index contributed by atoms with van der Waals surface area (Å²) in [5, 5.41) is 0.546. The van der Waals surface area contributed by atoms with Gasteiger partial charge in [0.1, 0.15) is 17.0 Å². The molecule has 0 amide bonds. The lowest BCUT2D eigenvalue weighted by atomic mass is 10.1. The fraction of sp³-hybridized carbons (Fsp3) is 0.455. The first-order valence-corrected chi connectivity index (χ1v) is 5.66. The van der Waals surface area contributed by atoms with Gasteiger partial charge in [0.2, 0.25) is 5.88 Å². The number of aromatic nitrogens is 3. The van der Waals surface area contributed by atoms with E-state index in [1.807, 2.05) is 0 Å². The van der Waals surface area contributed by atoms with E-state index in [2.05, 4.69) is 28.8 Å². The Balaban J connectivity index is 2.17. The molecule has 0 unspecified atom stereocenters. The predicted octanol–water partition coefficient (Wildman–Crippen LogP) is 3.04. The number of H-pyrrole nitrogens is 1. The first kappa shape index (κ1) is 11.2. The summed E-state index contributed by atoms with van der Waals surface area (Å²) in [6, 6.07) is 1.76. The van der Waals surface area contributed by atoms with Gasteiger partial charge in [-0.15, -0.1) is 0 Å². The maximum absolute atomic E-state index is 5.86. The van der Waals surface area contributed by atoms with E-state index in [-0.39, 0.29) is 0 Å². The van der Waals surface area contributed by atoms with Gasteiger partial charge < -0.3 is 9.72 Å². The molecule has 0 fully saturated rings. The van der Waals surface area contributed by atoms with Crippen LogP contribution in [0.25, 0.3) is 11.0 Å². The number of nitrogens with one attached hydrogen (secondary N) is 1. The average Bonchev–Trinajstić information content (AvgIpc) is 2.58. The molecule has 0 aliphatic rings. The van der Waals surface area contributed by atoms with Crippen molar-refractivity contribution in [3.63, 3.8) is 0 Å². The van der Waals surface area contributed by atoms with E-state index in [1.54, 1.807) is 6.07 Å². The lowest BCUT2D eigenvalue weighted by Gasteiger charge is -2.07. The summed E-state index contributed by atoms with van der Waals surface area (Å²) in [4.78, 5) is 11.2. The highest BCUT2D eigenvalue weighted by atomic mass is 35.5. The highest BCUT2D eigenvalue weighted by Crippen LogP contribution is 2.23. The Morgan fingerprint density at radius 3 is 3.00 bits per heavy atom. The number of ether oxygens (including phenoxy) is 1. The molecule has 0 aromatic carbocycles. The lowest BCUT2D eigenvalue weighted by Crippen LogP contribution is -2.03. The normalized spacial score (nSPS) is 11.2. The topological polar surface area (TPSA) is 50.8 Å². The Bertz CT molecular complexity index is 481. The number of hydrogen-bond acceptors (Lipinski definition) is 3. The average molecular weight is 240 g/mol. The van der Waals surface area contributed by atoms with Gasteiger partial charge in [-0.05, 0) is 12.3 Å². The number of halogens is 1. The third-order valence-electron chi connectivity index (χ3n) is 2.28. The summed E-state index contributed by atoms with van der Waals surface area (Å²) in [6.45, 7) is 4.97. The number of hydrogen-bond donors (Lipinski definition) is 1. The van der Waals surface area contributed by atoms with Crippen molar-refractivity contribution >= 4 is 22.6 Å². The minimum Gasteiger partial charge on any atom is -0.476 e. The van der Waals surface area contributed by atoms with Gasteiger partial charge in [-0.3, -0.25) is 0 Å². The van der Waals surface area contributed by atoms with Gasteiger partial charge in [-0.2, -0.15) is 4.98 Å². The molecule has 1 N–H and O–H groups in total. The molecule has 0 saturated carbocycles. The second-order valence-electron chi connectivity index (χ2n) is 4.09. The quantitative estimate of drug-likeness (QED) is 0.892. The maximum atomic E-state index is 5.86. The minimum absolute atomic E-state index is 0.546. The highest BCUT2D eigenvalue weighted by Gasteiger charge is 2.08. The fourth-order valence-electron chi connectivity index (χ4n) is 1.39. The highest BCUT2D eigenvalue weighted by molar-refractivity contribution is 6.30. The van der Waals surface area contributed by atoms with Gasteiger partial charge in [0.25, 0.3) is 0 Å². The molecule has 5 heteroatoms. The number of nitrogens with zero attached hydrogens (tertiary/aromatic N) is 2. The molecular weight excluding hydrogens is 226 g/mol. The molecule has 86 valence electrons. The van der Waals surface area contributed by atoms with Gasteiger partial charge >= 0.3 is 0 Å². The van der Waals surface area contributed by atoms with E-state index >= 15 is 0 Å². The zero-order valence-corrected chi connectivity index (χ0v) is 10.1. The molecule has 0 bridgehead atoms. The van der Waals surface area contributed by atoms with Crippen molar-refractivity contribution in [3.05, 3.63) is 17.5 Å². The van der Waals surface area contributed by atoms with E-state index in [1.165, 1.54) is 6.33 Å².